The van der Waals surface area contributed by atoms with E-state index in [0.717, 1.165) is 6.92 Å². The number of carbonyl (C=O) groups is 18. The van der Waals surface area contributed by atoms with Gasteiger partial charge in [-0.25, -0.2) is 4.79 Å². The van der Waals surface area contributed by atoms with Crippen LogP contribution in [0.2, 0.25) is 0 Å². The van der Waals surface area contributed by atoms with Crippen LogP contribution in [-0.2, 0) is 99.1 Å². The number of guanidine groups is 3. The van der Waals surface area contributed by atoms with Gasteiger partial charge in [-0.15, -0.1) is 0 Å². The van der Waals surface area contributed by atoms with Gasteiger partial charge in [0.15, 0.2) is 17.9 Å². The Bertz CT molecular complexity index is 4660. The summed E-state index contributed by atoms with van der Waals surface area (Å²) in [4.78, 5) is 255. The Morgan fingerprint density at radius 2 is 0.577 bits per heavy atom. The van der Waals surface area contributed by atoms with Crippen LogP contribution in [0, 0.1) is 39.9 Å². The Morgan fingerprint density at radius 3 is 0.919 bits per heavy atom. The summed E-state index contributed by atoms with van der Waals surface area (Å²) in [6, 6.07) is -14.2. The number of carboxylic acids is 2. The van der Waals surface area contributed by atoms with E-state index in [-0.39, 0.29) is 179 Å². The molecule has 0 aromatic heterocycles. The molecule has 0 aliphatic rings. The summed E-state index contributed by atoms with van der Waals surface area (Å²) in [5, 5.41) is 123. The second-order valence-electron chi connectivity index (χ2n) is 37.8. The van der Waals surface area contributed by atoms with Gasteiger partial charge in [0, 0.05) is 26.1 Å². The maximum atomic E-state index is 14.9. The summed E-state index contributed by atoms with van der Waals surface area (Å²) in [5.41, 5.74) is 47.1. The molecule has 0 aliphatic carbocycles. The molecule has 53 heteroatoms. The molecule has 2 aromatic carbocycles. The fraction of sp³-hybridized carbons (Fsp3) is 0.656. The lowest BCUT2D eigenvalue weighted by Crippen LogP contribution is -2.62. The number of hydrogen-bond acceptors (Lipinski definition) is 29. The van der Waals surface area contributed by atoms with Crippen LogP contribution in [0.5, 0.6) is 11.5 Å². The Kier molecular flexibility index (Phi) is 62.3. The SMILES string of the molecule is CC[C@H](C)[C@H](NC(=O)[C@H](CCCCN)NC(=O)[C@H](Cc1ccc(O)cc1)NC(=O)[C@@H](NC(=O)[C@@H](NC(=O)[C@@H](N)Cc1ccc(O)cc1)[C@@H](C)CC)C(C)C)C(=O)N[C@@H](CCCNC(=N)N)C(=O)N[C@@H](CO)C(=O)N[C@@H](C)C(=O)N[C@@H](CC(=O)O)C(=O)N[C@@H](CCCCN)C(=O)N[C@@H](CCCNC(=N)N)C(=O)N[C@@H](CCCNC(=N)N)C(=O)N[C@@H](CCCCN)C(=O)N[C@@H](C)C(=O)N[C@@H](CC(C)C)C(=O)N[C@@H](CCCCN)C(=O)O. The van der Waals surface area contributed by atoms with Gasteiger partial charge < -0.3 is 172 Å². The largest absolute Gasteiger partial charge is 0.508 e. The highest BCUT2D eigenvalue weighted by Crippen LogP contribution is 2.20. The Balaban J connectivity index is 2.59. The molecule has 2 rings (SSSR count). The number of unbranched alkanes of at least 4 members (excludes halogenated alkanes) is 4. The molecule has 0 fully saturated rings. The van der Waals surface area contributed by atoms with E-state index < -0.39 is 258 Å². The number of phenolic OH excluding ortho intramolecular Hbond substituents is 2. The van der Waals surface area contributed by atoms with E-state index in [1.165, 1.54) is 43.3 Å². The van der Waals surface area contributed by atoms with E-state index in [4.69, 9.17) is 62.1 Å². The van der Waals surface area contributed by atoms with Gasteiger partial charge >= 0.3 is 11.9 Å². The molecule has 0 saturated heterocycles. The van der Waals surface area contributed by atoms with Gasteiger partial charge in [0.2, 0.25) is 94.5 Å². The third kappa shape index (κ3) is 51.5. The number of aliphatic hydroxyl groups excluding tert-OH is 1. The predicted molar refractivity (Wildman–Crippen MR) is 553 cm³/mol. The molecule has 0 spiro atoms. The molecule has 16 amide bonds. The van der Waals surface area contributed by atoms with E-state index in [1.807, 2.05) is 0 Å². The molecule has 0 radical (unpaired) electrons. The molecule has 0 aliphatic heterocycles. The van der Waals surface area contributed by atoms with Crippen molar-refractivity contribution in [2.45, 2.75) is 326 Å². The van der Waals surface area contributed by atoms with Gasteiger partial charge in [0.05, 0.1) is 19.1 Å². The van der Waals surface area contributed by atoms with Crippen LogP contribution in [0.15, 0.2) is 48.5 Å². The zero-order valence-electron chi connectivity index (χ0n) is 87.1. The number of nitrogens with one attached hydrogen (secondary N) is 22. The fourth-order valence-corrected chi connectivity index (χ4v) is 15.2. The Morgan fingerprint density at radius 1 is 0.309 bits per heavy atom. The Hall–Kier alpha value is -13.9. The van der Waals surface area contributed by atoms with Gasteiger partial charge in [-0.2, -0.15) is 0 Å². The molecule has 838 valence electrons. The highest BCUT2D eigenvalue weighted by atomic mass is 16.4. The number of carboxylic acid groups (broad SMARTS) is 2. The molecule has 0 heterocycles. The summed E-state index contributed by atoms with van der Waals surface area (Å²) in [6.07, 6.45) is 0.381. The lowest BCUT2D eigenvalue weighted by atomic mass is 9.95. The maximum Gasteiger partial charge on any atom is 0.326 e. The van der Waals surface area contributed by atoms with Crippen molar-refractivity contribution in [3.05, 3.63) is 59.7 Å². The minimum Gasteiger partial charge on any atom is -0.508 e. The second-order valence-corrected chi connectivity index (χ2v) is 37.8. The van der Waals surface area contributed by atoms with Crippen LogP contribution < -0.4 is 147 Å². The minimum absolute atomic E-state index is 0.00229. The number of aromatic hydroxyl groups is 2. The first-order chi connectivity index (χ1) is 70.4. The summed E-state index contributed by atoms with van der Waals surface area (Å²) in [6.45, 7) is 15.2. The van der Waals surface area contributed by atoms with Crippen molar-refractivity contribution in [1.82, 2.24) is 101 Å². The van der Waals surface area contributed by atoms with Crippen LogP contribution in [0.1, 0.15) is 222 Å². The fourth-order valence-electron chi connectivity index (χ4n) is 15.2. The van der Waals surface area contributed by atoms with E-state index in [9.17, 15) is 112 Å². The number of phenols is 2. The molecule has 0 saturated carbocycles. The number of amides is 16. The first kappa shape index (κ1) is 131. The summed E-state index contributed by atoms with van der Waals surface area (Å²) in [7, 11) is 0. The normalized spacial score (nSPS) is 15.0. The predicted octanol–water partition coefficient (Wildman–Crippen LogP) is -6.34. The first-order valence-electron chi connectivity index (χ1n) is 50.7. The number of carbonyl (C=O) groups excluding carboxylic acids is 16. The molecule has 2 aromatic rings. The topological polar surface area (TPSA) is 917 Å². The molecular formula is C96H166N30O23. The van der Waals surface area contributed by atoms with Crippen LogP contribution in [0.4, 0.5) is 0 Å². The van der Waals surface area contributed by atoms with Crippen molar-refractivity contribution in [3.8, 4) is 11.5 Å². The maximum absolute atomic E-state index is 14.9. The van der Waals surface area contributed by atoms with Crippen molar-refractivity contribution in [2.24, 2.45) is 69.5 Å². The zero-order chi connectivity index (χ0) is 112. The number of benzene rings is 2. The summed E-state index contributed by atoms with van der Waals surface area (Å²) >= 11 is 0. The Labute approximate surface area is 868 Å². The van der Waals surface area contributed by atoms with E-state index in [1.54, 1.807) is 67.5 Å². The number of nitrogens with two attached hydrogens (primary N) is 8. The summed E-state index contributed by atoms with van der Waals surface area (Å²) < 4.78 is 0. The smallest absolute Gasteiger partial charge is 0.326 e. The van der Waals surface area contributed by atoms with Crippen LogP contribution in [0.3, 0.4) is 0 Å². The zero-order valence-corrected chi connectivity index (χ0v) is 87.1. The van der Waals surface area contributed by atoms with Crippen molar-refractivity contribution in [2.75, 3.05) is 52.4 Å². The monoisotopic (exact) mass is 2110 g/mol. The number of hydrogen-bond donors (Lipinski definition) is 35. The third-order valence-electron chi connectivity index (χ3n) is 24.4. The minimum atomic E-state index is -2.06. The second kappa shape index (κ2) is 70.8. The van der Waals surface area contributed by atoms with Gasteiger partial charge in [-0.3, -0.25) is 97.7 Å². The van der Waals surface area contributed by atoms with Crippen molar-refractivity contribution in [1.29, 1.82) is 16.2 Å². The molecule has 53 nitrogen and oxygen atoms in total. The lowest BCUT2D eigenvalue weighted by molar-refractivity contribution is -0.142. The third-order valence-corrected chi connectivity index (χ3v) is 24.4. The highest BCUT2D eigenvalue weighted by molar-refractivity contribution is 6.02. The van der Waals surface area contributed by atoms with Gasteiger partial charge in [-0.1, -0.05) is 92.5 Å². The van der Waals surface area contributed by atoms with E-state index >= 15 is 0 Å². The van der Waals surface area contributed by atoms with Crippen LogP contribution >= 0.6 is 0 Å². The standard InChI is InChI=1S/C96H166N30O23/c1-11-53(7)75(126-85(140)64(26-15-19-41-99)117-87(142)70(48-58-33-37-60(129)38-34-58)122-90(145)74(52(5)6)124-92(147)76(54(8)12-2)125-79(134)61(101)47-57-31-35-59(128)36-32-57)91(146)118-67(30-23-45-110-96(106)107)84(139)123-72(50-127)89(144)112-56(10)78(133)121-71(49-73(130)131)88(143)116-63(25-14-18-40-98)81(136)114-66(29-22-44-109-95(104)105)83(138)115-65(28-21-43-108-94(102)103)82(137)113-62(24-13-17-39-97)80(135)111-55(9)77(132)120-69(46-51(3)4)86(141)119-68(93(148)149)27-16-20-42-100/h31-38,51-56,61-72,74-76,127-129H,11-30,39-50,97-101H2,1-10H3,(H,111,135)(H,112,144)(H,113,137)(H,114,136)(H,115,138)(H,116,143)(H,117,142)(H,118,146)(H,119,141)(H,120,132)(H,121,133)(H,122,145)(H,123,139)(H,124,147)(H,125,134)(H,126,140)(H,130,131)(H,148,149)(H4,102,103,108)(H4,104,105,109)(H4,106,107,110)/t53-,54-,55-,56-,61-,62-,63-,64-,65-,66-,67-,68-,69-,70-,71-,72-,74-,75-,76-/m0/s1. The van der Waals surface area contributed by atoms with Gasteiger partial charge in [-0.05, 0) is 228 Å². The number of rotatable bonds is 75. The molecule has 0 unspecified atom stereocenters. The molecule has 149 heavy (non-hydrogen) atoms. The molecular weight excluding hydrogens is 1940 g/mol. The van der Waals surface area contributed by atoms with E-state index in [0.29, 0.717) is 43.2 Å². The van der Waals surface area contributed by atoms with Crippen molar-refractivity contribution < 1.29 is 112 Å². The number of aliphatic carboxylic acids is 2. The van der Waals surface area contributed by atoms with Crippen LogP contribution in [0.25, 0.3) is 0 Å². The quantitative estimate of drug-likeness (QED) is 0.0166. The van der Waals surface area contributed by atoms with Crippen molar-refractivity contribution in [3.63, 3.8) is 0 Å². The molecule has 19 atom stereocenters. The van der Waals surface area contributed by atoms with Crippen molar-refractivity contribution >= 4 is 124 Å². The lowest BCUT2D eigenvalue weighted by Gasteiger charge is -2.31. The first-order valence-corrected chi connectivity index (χ1v) is 50.7. The highest BCUT2D eigenvalue weighted by Gasteiger charge is 2.41. The summed E-state index contributed by atoms with van der Waals surface area (Å²) in [5.74, 6) is -22.3. The average molecular weight is 2110 g/mol. The molecule has 43 N–H and O–H groups in total. The van der Waals surface area contributed by atoms with Gasteiger partial charge in [0.1, 0.15) is 108 Å². The van der Waals surface area contributed by atoms with E-state index in [2.05, 4.69) is 101 Å². The van der Waals surface area contributed by atoms with Crippen LogP contribution in [-0.4, -0.2) is 305 Å². The number of aliphatic hydroxyl groups is 1. The molecule has 0 bridgehead atoms. The van der Waals surface area contributed by atoms with Gasteiger partial charge in [0.25, 0.3) is 0 Å². The average Bonchev–Trinajstić information content (AvgIpc) is 0.834.